The fourth-order valence-electron chi connectivity index (χ4n) is 3.81. The Labute approximate surface area is 154 Å². The van der Waals surface area contributed by atoms with Gasteiger partial charge in [0.05, 0.1) is 5.75 Å². The molecule has 0 heterocycles. The van der Waals surface area contributed by atoms with Crippen molar-refractivity contribution in [3.8, 4) is 0 Å². The van der Waals surface area contributed by atoms with Crippen LogP contribution in [0.2, 0.25) is 0 Å². The van der Waals surface area contributed by atoms with E-state index in [1.807, 2.05) is 4.72 Å². The molecule has 8 heteroatoms. The van der Waals surface area contributed by atoms with Gasteiger partial charge in [0, 0.05) is 18.7 Å². The van der Waals surface area contributed by atoms with E-state index in [9.17, 15) is 18.0 Å². The smallest absolute Gasteiger partial charge is 0.332 e. The highest BCUT2D eigenvalue weighted by Gasteiger charge is 2.26. The van der Waals surface area contributed by atoms with Crippen molar-refractivity contribution in [1.29, 1.82) is 0 Å². The number of carbonyl (C=O) groups is 2. The van der Waals surface area contributed by atoms with Crippen molar-refractivity contribution in [3.05, 3.63) is 28.3 Å². The molecule has 1 aromatic carbocycles. The molecule has 3 N–H and O–H groups in total. The lowest BCUT2D eigenvalue weighted by Crippen LogP contribution is -2.37. The van der Waals surface area contributed by atoms with E-state index in [4.69, 9.17) is 0 Å². The molecular formula is C18H25N3O4S. The quantitative estimate of drug-likeness (QED) is 0.699. The number of sulfonamides is 1. The molecule has 0 fully saturated rings. The average Bonchev–Trinajstić information content (AvgIpc) is 3.21. The first kappa shape index (κ1) is 18.7. The Kier molecular flexibility index (Phi) is 5.50. The van der Waals surface area contributed by atoms with Gasteiger partial charge in [0.2, 0.25) is 15.9 Å². The lowest BCUT2D eigenvalue weighted by atomic mass is 9.99. The predicted molar refractivity (Wildman–Crippen MR) is 99.7 cm³/mol. The topological polar surface area (TPSA) is 104 Å². The summed E-state index contributed by atoms with van der Waals surface area (Å²) in [6, 6.07) is 1.49. The Balaban J connectivity index is 1.68. The summed E-state index contributed by atoms with van der Waals surface area (Å²) >= 11 is 0. The van der Waals surface area contributed by atoms with Gasteiger partial charge in [0.15, 0.2) is 0 Å². The molecule has 0 atom stereocenters. The van der Waals surface area contributed by atoms with Crippen LogP contribution in [0.3, 0.4) is 0 Å². The number of hydrogen-bond acceptors (Lipinski definition) is 4. The van der Waals surface area contributed by atoms with E-state index in [-0.39, 0.29) is 12.3 Å². The zero-order valence-electron chi connectivity index (χ0n) is 15.0. The SMILES string of the molecule is CCNC(=O)CCS(=O)(=O)NC(=O)Nc1c2c(cc3c1CCC3)CCC2. The second-order valence-corrected chi connectivity index (χ2v) is 8.65. The number of nitrogens with one attached hydrogen (secondary N) is 3. The lowest BCUT2D eigenvalue weighted by Gasteiger charge is -2.16. The molecule has 26 heavy (non-hydrogen) atoms. The number of benzene rings is 1. The fraction of sp³-hybridized carbons (Fsp3) is 0.556. The number of anilines is 1. The fourth-order valence-corrected chi connectivity index (χ4v) is 4.70. The molecule has 142 valence electrons. The minimum Gasteiger partial charge on any atom is -0.356 e. The Morgan fingerprint density at radius 1 is 1.04 bits per heavy atom. The number of rotatable bonds is 6. The van der Waals surface area contributed by atoms with Crippen LogP contribution in [0.25, 0.3) is 0 Å². The average molecular weight is 379 g/mol. The van der Waals surface area contributed by atoms with Crippen molar-refractivity contribution in [3.63, 3.8) is 0 Å². The van der Waals surface area contributed by atoms with Crippen molar-refractivity contribution < 1.29 is 18.0 Å². The molecule has 0 aromatic heterocycles. The molecule has 3 rings (SSSR count). The molecule has 0 bridgehead atoms. The summed E-state index contributed by atoms with van der Waals surface area (Å²) in [5.41, 5.74) is 5.60. The highest BCUT2D eigenvalue weighted by molar-refractivity contribution is 7.90. The summed E-state index contributed by atoms with van der Waals surface area (Å²) in [7, 11) is -3.87. The molecule has 0 radical (unpaired) electrons. The van der Waals surface area contributed by atoms with Crippen molar-refractivity contribution in [2.45, 2.75) is 51.9 Å². The lowest BCUT2D eigenvalue weighted by molar-refractivity contribution is -0.120. The van der Waals surface area contributed by atoms with Gasteiger partial charge >= 0.3 is 6.03 Å². The Bertz CT molecular complexity index is 801. The van der Waals surface area contributed by atoms with Crippen LogP contribution in [0.15, 0.2) is 6.07 Å². The summed E-state index contributed by atoms with van der Waals surface area (Å²) in [5.74, 6) is -0.769. The van der Waals surface area contributed by atoms with Crippen molar-refractivity contribution in [2.75, 3.05) is 17.6 Å². The van der Waals surface area contributed by atoms with Gasteiger partial charge in [-0.3, -0.25) is 4.79 Å². The van der Waals surface area contributed by atoms with Gasteiger partial charge in [-0.05, 0) is 67.7 Å². The molecular weight excluding hydrogens is 354 g/mol. The van der Waals surface area contributed by atoms with E-state index in [1.54, 1.807) is 6.92 Å². The molecule has 0 spiro atoms. The molecule has 0 unspecified atom stereocenters. The van der Waals surface area contributed by atoms with Gasteiger partial charge < -0.3 is 10.6 Å². The molecule has 2 aliphatic rings. The number of aryl methyl sites for hydroxylation is 2. The van der Waals surface area contributed by atoms with E-state index >= 15 is 0 Å². The zero-order valence-corrected chi connectivity index (χ0v) is 15.8. The summed E-state index contributed by atoms with van der Waals surface area (Å²) in [6.07, 6.45) is 5.75. The monoisotopic (exact) mass is 379 g/mol. The first-order valence-electron chi connectivity index (χ1n) is 9.14. The summed E-state index contributed by atoms with van der Waals surface area (Å²) < 4.78 is 26.1. The summed E-state index contributed by atoms with van der Waals surface area (Å²) in [5, 5.41) is 5.32. The summed E-state index contributed by atoms with van der Waals surface area (Å²) in [6.45, 7) is 2.20. The highest BCUT2D eigenvalue weighted by atomic mass is 32.2. The molecule has 3 amide bonds. The second kappa shape index (κ2) is 7.65. The minimum absolute atomic E-state index is 0.174. The first-order valence-corrected chi connectivity index (χ1v) is 10.8. The molecule has 1 aromatic rings. The van der Waals surface area contributed by atoms with Crippen LogP contribution < -0.4 is 15.4 Å². The number of hydrogen-bond donors (Lipinski definition) is 3. The predicted octanol–water partition coefficient (Wildman–Crippen LogP) is 1.64. The van der Waals surface area contributed by atoms with Crippen molar-refractivity contribution in [1.82, 2.24) is 10.0 Å². The number of urea groups is 1. The van der Waals surface area contributed by atoms with E-state index in [0.717, 1.165) is 55.3 Å². The van der Waals surface area contributed by atoms with Crippen molar-refractivity contribution in [2.24, 2.45) is 0 Å². The molecule has 2 aliphatic carbocycles. The highest BCUT2D eigenvalue weighted by Crippen LogP contribution is 2.38. The third-order valence-electron chi connectivity index (χ3n) is 4.93. The number of carbonyl (C=O) groups excluding carboxylic acids is 2. The van der Waals surface area contributed by atoms with Gasteiger partial charge in [-0.2, -0.15) is 0 Å². The van der Waals surface area contributed by atoms with Crippen LogP contribution >= 0.6 is 0 Å². The Morgan fingerprint density at radius 2 is 1.65 bits per heavy atom. The normalized spacial score (nSPS) is 15.3. The third kappa shape index (κ3) is 4.17. The van der Waals surface area contributed by atoms with Crippen LogP contribution in [-0.2, 0) is 40.5 Å². The van der Waals surface area contributed by atoms with E-state index in [0.29, 0.717) is 6.54 Å². The van der Waals surface area contributed by atoms with E-state index in [1.165, 1.54) is 11.1 Å². The van der Waals surface area contributed by atoms with Crippen LogP contribution in [0.4, 0.5) is 10.5 Å². The number of fused-ring (bicyclic) bond motifs is 2. The maximum Gasteiger partial charge on any atom is 0.332 e. The molecule has 0 saturated heterocycles. The molecule has 0 aliphatic heterocycles. The van der Waals surface area contributed by atoms with E-state index in [2.05, 4.69) is 16.7 Å². The third-order valence-corrected chi connectivity index (χ3v) is 6.17. The zero-order chi connectivity index (χ0) is 18.7. The molecule has 7 nitrogen and oxygen atoms in total. The maximum atomic E-state index is 12.3. The van der Waals surface area contributed by atoms with Gasteiger partial charge in [-0.1, -0.05) is 6.07 Å². The Morgan fingerprint density at radius 3 is 2.23 bits per heavy atom. The van der Waals surface area contributed by atoms with Crippen molar-refractivity contribution >= 4 is 27.6 Å². The van der Waals surface area contributed by atoms with Crippen LogP contribution in [0.1, 0.15) is 48.4 Å². The van der Waals surface area contributed by atoms with Gasteiger partial charge in [0.1, 0.15) is 0 Å². The van der Waals surface area contributed by atoms with Crippen LogP contribution in [-0.4, -0.2) is 32.7 Å². The molecule has 0 saturated carbocycles. The first-order chi connectivity index (χ1) is 12.4. The Hall–Kier alpha value is -2.09. The maximum absolute atomic E-state index is 12.3. The summed E-state index contributed by atoms with van der Waals surface area (Å²) in [4.78, 5) is 23.7. The van der Waals surface area contributed by atoms with Gasteiger partial charge in [-0.25, -0.2) is 17.9 Å². The number of amides is 3. The van der Waals surface area contributed by atoms with Gasteiger partial charge in [-0.15, -0.1) is 0 Å². The van der Waals surface area contributed by atoms with E-state index < -0.39 is 21.8 Å². The largest absolute Gasteiger partial charge is 0.356 e. The van der Waals surface area contributed by atoms with Gasteiger partial charge in [0.25, 0.3) is 0 Å². The minimum atomic E-state index is -3.87. The van der Waals surface area contributed by atoms with Crippen LogP contribution in [0, 0.1) is 0 Å². The standard InChI is InChI=1S/C18H25N3O4S/c1-2-19-16(22)9-10-26(24,25)21-18(23)20-17-14-7-3-5-12(14)11-13-6-4-8-15(13)17/h11H,2-10H2,1H3,(H,19,22)(H2,20,21,23). The van der Waals surface area contributed by atoms with Crippen LogP contribution in [0.5, 0.6) is 0 Å². The second-order valence-electron chi connectivity index (χ2n) is 6.81.